The van der Waals surface area contributed by atoms with Gasteiger partial charge in [-0.3, -0.25) is 24.5 Å². The molecule has 8 nitrogen and oxygen atoms in total. The Morgan fingerprint density at radius 3 is 2.19 bits per heavy atom. The predicted molar refractivity (Wildman–Crippen MR) is 117 cm³/mol. The number of hydrogen-bond donors (Lipinski definition) is 0. The average Bonchev–Trinajstić information content (AvgIpc) is 3.25. The predicted octanol–water partition coefficient (Wildman–Crippen LogP) is 3.11. The highest BCUT2D eigenvalue weighted by atomic mass is 16.6. The second-order valence-corrected chi connectivity index (χ2v) is 7.90. The summed E-state index contributed by atoms with van der Waals surface area (Å²) in [5.74, 6) is 0.0382. The Balaban J connectivity index is 1.30. The van der Waals surface area contributed by atoms with E-state index in [4.69, 9.17) is 0 Å². The summed E-state index contributed by atoms with van der Waals surface area (Å²) in [4.78, 5) is 27.4. The first-order chi connectivity index (χ1) is 15.0. The fourth-order valence-electron chi connectivity index (χ4n) is 3.72. The number of amides is 1. The highest BCUT2D eigenvalue weighted by Crippen LogP contribution is 2.15. The maximum absolute atomic E-state index is 12.9. The van der Waals surface area contributed by atoms with E-state index in [1.54, 1.807) is 0 Å². The van der Waals surface area contributed by atoms with Gasteiger partial charge in [-0.15, -0.1) is 0 Å². The van der Waals surface area contributed by atoms with Gasteiger partial charge in [0.25, 0.3) is 5.91 Å². The van der Waals surface area contributed by atoms with Crippen LogP contribution in [0.1, 0.15) is 27.0 Å². The molecule has 2 aromatic carbocycles. The molecule has 160 valence electrons. The molecule has 4 rings (SSSR count). The highest BCUT2D eigenvalue weighted by molar-refractivity contribution is 5.94. The number of rotatable bonds is 6. The Bertz CT molecular complexity index is 1050. The number of nitrogens with zero attached hydrogens (tertiary/aromatic N) is 5. The number of carbonyl (C=O) groups excluding carboxylic acids is 1. The SMILES string of the molecule is Cc1ccc(CN2CCN(C(=O)c3ccc(Cn4cc([N+](=O)[O-])cn4)cc3)CC2)cc1. The Labute approximate surface area is 180 Å². The molecule has 0 radical (unpaired) electrons. The van der Waals surface area contributed by atoms with Crippen molar-refractivity contribution in [3.63, 3.8) is 0 Å². The first-order valence-corrected chi connectivity index (χ1v) is 10.3. The molecule has 0 unspecified atom stereocenters. The summed E-state index contributed by atoms with van der Waals surface area (Å²) < 4.78 is 1.52. The number of piperazine rings is 1. The van der Waals surface area contributed by atoms with Crippen molar-refractivity contribution in [3.05, 3.63) is 93.3 Å². The molecule has 1 amide bonds. The van der Waals surface area contributed by atoms with Gasteiger partial charge in [0.1, 0.15) is 12.4 Å². The van der Waals surface area contributed by atoms with Crippen molar-refractivity contribution < 1.29 is 9.72 Å². The molecule has 1 aliphatic rings. The average molecular weight is 419 g/mol. The van der Waals surface area contributed by atoms with Gasteiger partial charge >= 0.3 is 5.69 Å². The maximum Gasteiger partial charge on any atom is 0.307 e. The first kappa shape index (κ1) is 20.7. The van der Waals surface area contributed by atoms with Gasteiger partial charge in [0.15, 0.2) is 0 Å². The molecule has 31 heavy (non-hydrogen) atoms. The highest BCUT2D eigenvalue weighted by Gasteiger charge is 2.22. The number of aromatic nitrogens is 2. The molecule has 0 bridgehead atoms. The van der Waals surface area contributed by atoms with Crippen LogP contribution in [0.15, 0.2) is 60.9 Å². The van der Waals surface area contributed by atoms with Crippen molar-refractivity contribution in [3.8, 4) is 0 Å². The Hall–Kier alpha value is -3.52. The van der Waals surface area contributed by atoms with Crippen molar-refractivity contribution >= 4 is 11.6 Å². The Kier molecular flexibility index (Phi) is 6.08. The minimum absolute atomic E-state index is 0.0340. The van der Waals surface area contributed by atoms with E-state index < -0.39 is 4.92 Å². The summed E-state index contributed by atoms with van der Waals surface area (Å²) in [6.45, 7) is 6.55. The summed E-state index contributed by atoms with van der Waals surface area (Å²) in [5, 5.41) is 14.8. The first-order valence-electron chi connectivity index (χ1n) is 10.3. The summed E-state index contributed by atoms with van der Waals surface area (Å²) in [7, 11) is 0. The van der Waals surface area contributed by atoms with E-state index in [2.05, 4.69) is 41.2 Å². The fraction of sp³-hybridized carbons (Fsp3) is 0.304. The van der Waals surface area contributed by atoms with E-state index in [-0.39, 0.29) is 11.6 Å². The third-order valence-electron chi connectivity index (χ3n) is 5.56. The molecule has 0 spiro atoms. The van der Waals surface area contributed by atoms with Crippen LogP contribution in [0.5, 0.6) is 0 Å². The monoisotopic (exact) mass is 419 g/mol. The van der Waals surface area contributed by atoms with Crippen LogP contribution in [0.3, 0.4) is 0 Å². The molecule has 2 heterocycles. The molecule has 1 aromatic heterocycles. The van der Waals surface area contributed by atoms with Crippen molar-refractivity contribution in [1.29, 1.82) is 0 Å². The topological polar surface area (TPSA) is 84.5 Å². The molecular weight excluding hydrogens is 394 g/mol. The number of carbonyl (C=O) groups is 1. The normalized spacial score (nSPS) is 14.5. The molecular formula is C23H25N5O3. The van der Waals surface area contributed by atoms with Crippen molar-refractivity contribution in [1.82, 2.24) is 19.6 Å². The van der Waals surface area contributed by atoms with Crippen molar-refractivity contribution in [2.45, 2.75) is 20.0 Å². The largest absolute Gasteiger partial charge is 0.336 e. The van der Waals surface area contributed by atoms with Gasteiger partial charge in [-0.2, -0.15) is 5.10 Å². The molecule has 0 atom stereocenters. The molecule has 1 aliphatic heterocycles. The Morgan fingerprint density at radius 2 is 1.58 bits per heavy atom. The van der Waals surface area contributed by atoms with Crippen molar-refractivity contribution in [2.24, 2.45) is 0 Å². The number of hydrogen-bond acceptors (Lipinski definition) is 5. The number of nitro groups is 1. The second kappa shape index (κ2) is 9.09. The van der Waals surface area contributed by atoms with E-state index in [0.717, 1.165) is 25.2 Å². The molecule has 3 aromatic rings. The van der Waals surface area contributed by atoms with E-state index in [9.17, 15) is 14.9 Å². The standard InChI is InChI=1S/C23H25N5O3/c1-18-2-4-19(5-3-18)15-25-10-12-26(13-11-25)23(29)21-8-6-20(7-9-21)16-27-17-22(14-24-27)28(30)31/h2-9,14,17H,10-13,15-16H2,1H3. The smallest absolute Gasteiger partial charge is 0.307 e. The van der Waals surface area contributed by atoms with Crippen LogP contribution in [-0.2, 0) is 13.1 Å². The van der Waals surface area contributed by atoms with Crippen LogP contribution in [0, 0.1) is 17.0 Å². The third kappa shape index (κ3) is 5.16. The zero-order chi connectivity index (χ0) is 21.8. The fourth-order valence-corrected chi connectivity index (χ4v) is 3.72. The number of aryl methyl sites for hydroxylation is 1. The van der Waals surface area contributed by atoms with Gasteiger partial charge in [-0.05, 0) is 30.2 Å². The van der Waals surface area contributed by atoms with E-state index in [1.807, 2.05) is 29.2 Å². The lowest BCUT2D eigenvalue weighted by Crippen LogP contribution is -2.48. The maximum atomic E-state index is 12.9. The second-order valence-electron chi connectivity index (χ2n) is 7.90. The summed E-state index contributed by atoms with van der Waals surface area (Å²) in [6, 6.07) is 16.0. The quantitative estimate of drug-likeness (QED) is 0.453. The zero-order valence-electron chi connectivity index (χ0n) is 17.5. The van der Waals surface area contributed by atoms with Crippen molar-refractivity contribution in [2.75, 3.05) is 26.2 Å². The third-order valence-corrected chi connectivity index (χ3v) is 5.56. The lowest BCUT2D eigenvalue weighted by Gasteiger charge is -2.34. The lowest BCUT2D eigenvalue weighted by atomic mass is 10.1. The summed E-state index contributed by atoms with van der Waals surface area (Å²) in [5.41, 5.74) is 4.10. The lowest BCUT2D eigenvalue weighted by molar-refractivity contribution is -0.385. The summed E-state index contributed by atoms with van der Waals surface area (Å²) >= 11 is 0. The number of benzene rings is 2. The van der Waals surface area contributed by atoms with E-state index in [0.29, 0.717) is 25.2 Å². The van der Waals surface area contributed by atoms with Gasteiger partial charge in [0.2, 0.25) is 0 Å². The van der Waals surface area contributed by atoms with Gasteiger partial charge < -0.3 is 4.90 Å². The van der Waals surface area contributed by atoms with E-state index in [1.165, 1.54) is 28.2 Å². The minimum atomic E-state index is -0.466. The molecule has 1 saturated heterocycles. The Morgan fingerprint density at radius 1 is 0.968 bits per heavy atom. The molecule has 1 fully saturated rings. The van der Waals surface area contributed by atoms with Crippen LogP contribution in [-0.4, -0.2) is 56.6 Å². The van der Waals surface area contributed by atoms with Crippen LogP contribution >= 0.6 is 0 Å². The van der Waals surface area contributed by atoms with Gasteiger partial charge in [-0.1, -0.05) is 42.0 Å². The van der Waals surface area contributed by atoms with E-state index >= 15 is 0 Å². The van der Waals surface area contributed by atoms with Gasteiger partial charge in [0.05, 0.1) is 11.5 Å². The minimum Gasteiger partial charge on any atom is -0.336 e. The molecule has 0 aliphatic carbocycles. The van der Waals surface area contributed by atoms with Crippen LogP contribution in [0.2, 0.25) is 0 Å². The van der Waals surface area contributed by atoms with Crippen LogP contribution < -0.4 is 0 Å². The van der Waals surface area contributed by atoms with Crippen LogP contribution in [0.4, 0.5) is 5.69 Å². The molecule has 0 N–H and O–H groups in total. The summed E-state index contributed by atoms with van der Waals surface area (Å²) in [6.07, 6.45) is 2.63. The van der Waals surface area contributed by atoms with Gasteiger partial charge in [0, 0.05) is 38.3 Å². The molecule has 8 heteroatoms. The zero-order valence-corrected chi connectivity index (χ0v) is 17.5. The van der Waals surface area contributed by atoms with Gasteiger partial charge in [-0.25, -0.2) is 0 Å². The van der Waals surface area contributed by atoms with Crippen LogP contribution in [0.25, 0.3) is 0 Å². The molecule has 0 saturated carbocycles.